The fraction of sp³-hybridized carbons (Fsp3) is 0.286. The summed E-state index contributed by atoms with van der Waals surface area (Å²) in [6.45, 7) is 3.92. The molecule has 0 spiro atoms. The van der Waals surface area contributed by atoms with Crippen LogP contribution >= 0.6 is 0 Å². The summed E-state index contributed by atoms with van der Waals surface area (Å²) in [4.78, 5) is 0.243. The fourth-order valence-corrected chi connectivity index (χ4v) is 2.64. The normalized spacial score (nSPS) is 13.2. The zero-order chi connectivity index (χ0) is 14.8. The van der Waals surface area contributed by atoms with Gasteiger partial charge in [0.05, 0.1) is 23.5 Å². The van der Waals surface area contributed by atoms with E-state index in [4.69, 9.17) is 4.42 Å². The molecule has 2 N–H and O–H groups in total. The number of hydrogen-bond acceptors (Lipinski definition) is 4. The predicted molar refractivity (Wildman–Crippen MR) is 78.2 cm³/mol. The van der Waals surface area contributed by atoms with Gasteiger partial charge in [0.25, 0.3) is 0 Å². The van der Waals surface area contributed by atoms with Crippen LogP contribution in [0.2, 0.25) is 0 Å². The number of anilines is 1. The SMILES string of the molecule is CNS(=O)(=O)c1ccc(C)c(NC(C)c2ccoc2)c1. The first kappa shape index (κ1) is 14.6. The van der Waals surface area contributed by atoms with Gasteiger partial charge in [0, 0.05) is 11.3 Å². The summed E-state index contributed by atoms with van der Waals surface area (Å²) in [5, 5.41) is 3.30. The van der Waals surface area contributed by atoms with Gasteiger partial charge in [-0.2, -0.15) is 0 Å². The van der Waals surface area contributed by atoms with Gasteiger partial charge in [0.15, 0.2) is 0 Å². The molecule has 2 aromatic rings. The topological polar surface area (TPSA) is 71.3 Å². The van der Waals surface area contributed by atoms with Gasteiger partial charge in [-0.25, -0.2) is 13.1 Å². The Kier molecular flexibility index (Phi) is 4.15. The number of rotatable bonds is 5. The maximum absolute atomic E-state index is 11.8. The van der Waals surface area contributed by atoms with Gasteiger partial charge in [0.2, 0.25) is 10.0 Å². The Balaban J connectivity index is 2.30. The maximum Gasteiger partial charge on any atom is 0.240 e. The molecular weight excluding hydrogens is 276 g/mol. The summed E-state index contributed by atoms with van der Waals surface area (Å²) in [5.74, 6) is 0. The van der Waals surface area contributed by atoms with Crippen molar-refractivity contribution in [3.63, 3.8) is 0 Å². The number of hydrogen-bond donors (Lipinski definition) is 2. The van der Waals surface area contributed by atoms with Gasteiger partial charge in [0.1, 0.15) is 0 Å². The van der Waals surface area contributed by atoms with E-state index in [9.17, 15) is 8.42 Å². The summed E-state index contributed by atoms with van der Waals surface area (Å²) in [6.07, 6.45) is 3.28. The first-order valence-electron chi connectivity index (χ1n) is 6.27. The van der Waals surface area contributed by atoms with Gasteiger partial charge in [-0.15, -0.1) is 0 Å². The van der Waals surface area contributed by atoms with E-state index >= 15 is 0 Å². The number of aryl methyl sites for hydroxylation is 1. The average molecular weight is 294 g/mol. The summed E-state index contributed by atoms with van der Waals surface area (Å²) in [6, 6.07) is 6.92. The third-order valence-corrected chi connectivity index (χ3v) is 4.62. The van der Waals surface area contributed by atoms with Gasteiger partial charge < -0.3 is 9.73 Å². The molecule has 0 bridgehead atoms. The molecule has 1 heterocycles. The summed E-state index contributed by atoms with van der Waals surface area (Å²) in [7, 11) is -2.04. The molecule has 5 nitrogen and oxygen atoms in total. The molecule has 1 aromatic carbocycles. The molecule has 0 saturated carbocycles. The first-order chi connectivity index (χ1) is 9.44. The molecule has 0 aliphatic rings. The zero-order valence-corrected chi connectivity index (χ0v) is 12.5. The van der Waals surface area contributed by atoms with Crippen molar-refractivity contribution in [1.29, 1.82) is 0 Å². The minimum atomic E-state index is -3.44. The zero-order valence-electron chi connectivity index (χ0n) is 11.7. The highest BCUT2D eigenvalue weighted by Gasteiger charge is 2.14. The number of nitrogens with one attached hydrogen (secondary N) is 2. The Morgan fingerprint density at radius 2 is 2.00 bits per heavy atom. The minimum absolute atomic E-state index is 0.0278. The monoisotopic (exact) mass is 294 g/mol. The minimum Gasteiger partial charge on any atom is -0.472 e. The quantitative estimate of drug-likeness (QED) is 0.889. The Bertz CT molecular complexity index is 678. The highest BCUT2D eigenvalue weighted by Crippen LogP contribution is 2.25. The number of sulfonamides is 1. The lowest BCUT2D eigenvalue weighted by molar-refractivity contribution is 0.562. The van der Waals surface area contributed by atoms with E-state index in [1.54, 1.807) is 30.7 Å². The van der Waals surface area contributed by atoms with Gasteiger partial charge in [-0.1, -0.05) is 6.07 Å². The molecule has 0 radical (unpaired) electrons. The van der Waals surface area contributed by atoms with Crippen LogP contribution in [0.25, 0.3) is 0 Å². The highest BCUT2D eigenvalue weighted by atomic mass is 32.2. The van der Waals surface area contributed by atoms with Crippen LogP contribution in [-0.2, 0) is 10.0 Å². The first-order valence-corrected chi connectivity index (χ1v) is 7.75. The molecule has 1 aromatic heterocycles. The summed E-state index contributed by atoms with van der Waals surface area (Å²) in [5.41, 5.74) is 2.77. The smallest absolute Gasteiger partial charge is 0.240 e. The van der Waals surface area contributed by atoms with E-state index in [0.29, 0.717) is 0 Å². The van der Waals surface area contributed by atoms with Gasteiger partial charge >= 0.3 is 0 Å². The van der Waals surface area contributed by atoms with Crippen molar-refractivity contribution in [2.75, 3.05) is 12.4 Å². The molecule has 0 amide bonds. The lowest BCUT2D eigenvalue weighted by atomic mass is 10.1. The van der Waals surface area contributed by atoms with Crippen LogP contribution in [0.1, 0.15) is 24.1 Å². The summed E-state index contributed by atoms with van der Waals surface area (Å²) < 4.78 is 31.0. The molecule has 2 rings (SSSR count). The molecule has 1 atom stereocenters. The maximum atomic E-state index is 11.8. The van der Waals surface area contributed by atoms with Crippen molar-refractivity contribution in [2.24, 2.45) is 0 Å². The van der Waals surface area contributed by atoms with E-state index in [0.717, 1.165) is 16.8 Å². The number of benzene rings is 1. The van der Waals surface area contributed by atoms with Crippen LogP contribution in [0.5, 0.6) is 0 Å². The largest absolute Gasteiger partial charge is 0.472 e. The second kappa shape index (κ2) is 5.68. The lowest BCUT2D eigenvalue weighted by Crippen LogP contribution is -2.19. The van der Waals surface area contributed by atoms with Crippen LogP contribution < -0.4 is 10.0 Å². The molecular formula is C14H18N2O3S. The summed E-state index contributed by atoms with van der Waals surface area (Å²) >= 11 is 0. The standard InChI is InChI=1S/C14H18N2O3S/c1-10-4-5-13(20(17,18)15-3)8-14(10)16-11(2)12-6-7-19-9-12/h4-9,11,15-16H,1-3H3. The fourth-order valence-electron chi connectivity index (χ4n) is 1.88. The Morgan fingerprint density at radius 3 is 2.60 bits per heavy atom. The number of furan rings is 1. The second-order valence-electron chi connectivity index (χ2n) is 4.61. The third-order valence-electron chi connectivity index (χ3n) is 3.20. The molecule has 0 fully saturated rings. The van der Waals surface area contributed by atoms with Crippen molar-refractivity contribution in [1.82, 2.24) is 4.72 Å². The van der Waals surface area contributed by atoms with Gasteiger partial charge in [-0.3, -0.25) is 0 Å². The van der Waals surface area contributed by atoms with Crippen molar-refractivity contribution in [2.45, 2.75) is 24.8 Å². The average Bonchev–Trinajstić information content (AvgIpc) is 2.95. The van der Waals surface area contributed by atoms with Crippen LogP contribution in [0, 0.1) is 6.92 Å². The van der Waals surface area contributed by atoms with Crippen molar-refractivity contribution < 1.29 is 12.8 Å². The Morgan fingerprint density at radius 1 is 1.25 bits per heavy atom. The van der Waals surface area contributed by atoms with Crippen LogP contribution in [0.3, 0.4) is 0 Å². The van der Waals surface area contributed by atoms with Crippen LogP contribution in [-0.4, -0.2) is 15.5 Å². The molecule has 6 heteroatoms. The molecule has 1 unspecified atom stereocenters. The van der Waals surface area contributed by atoms with E-state index in [-0.39, 0.29) is 10.9 Å². The Labute approximate surface area is 119 Å². The molecule has 20 heavy (non-hydrogen) atoms. The Hall–Kier alpha value is -1.79. The van der Waals surface area contributed by atoms with E-state index in [1.807, 2.05) is 19.9 Å². The van der Waals surface area contributed by atoms with E-state index in [2.05, 4.69) is 10.0 Å². The molecule has 108 valence electrons. The highest BCUT2D eigenvalue weighted by molar-refractivity contribution is 7.89. The third kappa shape index (κ3) is 3.02. The van der Waals surface area contributed by atoms with E-state index in [1.165, 1.54) is 7.05 Å². The van der Waals surface area contributed by atoms with Crippen molar-refractivity contribution in [3.05, 3.63) is 47.9 Å². The molecule has 0 aliphatic carbocycles. The van der Waals surface area contributed by atoms with Gasteiger partial charge in [-0.05, 0) is 44.7 Å². The lowest BCUT2D eigenvalue weighted by Gasteiger charge is -2.16. The molecule has 0 saturated heterocycles. The van der Waals surface area contributed by atoms with Crippen molar-refractivity contribution in [3.8, 4) is 0 Å². The van der Waals surface area contributed by atoms with Crippen LogP contribution in [0.4, 0.5) is 5.69 Å². The predicted octanol–water partition coefficient (Wildman–Crippen LogP) is 2.67. The van der Waals surface area contributed by atoms with Crippen LogP contribution in [0.15, 0.2) is 46.1 Å². The molecule has 0 aliphatic heterocycles. The van der Waals surface area contributed by atoms with E-state index < -0.39 is 10.0 Å². The second-order valence-corrected chi connectivity index (χ2v) is 6.49. The van der Waals surface area contributed by atoms with Crippen molar-refractivity contribution >= 4 is 15.7 Å².